The monoisotopic (exact) mass is 264 g/mol. The number of amides is 1. The van der Waals surface area contributed by atoms with Gasteiger partial charge in [0.05, 0.1) is 5.02 Å². The highest BCUT2D eigenvalue weighted by molar-refractivity contribution is 6.32. The molecule has 0 saturated carbocycles. The molecule has 0 atom stereocenters. The average Bonchev–Trinajstić information content (AvgIpc) is 2.35. The highest BCUT2D eigenvalue weighted by Gasteiger charge is 2.11. The van der Waals surface area contributed by atoms with E-state index in [1.165, 1.54) is 24.3 Å². The van der Waals surface area contributed by atoms with Crippen molar-refractivity contribution in [1.82, 2.24) is 5.32 Å². The maximum absolute atomic E-state index is 13.5. The number of halogens is 2. The van der Waals surface area contributed by atoms with Gasteiger partial charge in [-0.2, -0.15) is 5.26 Å². The smallest absolute Gasteiger partial charge is 0.262 e. The number of nitrogens with zero attached hydrogens (tertiary/aromatic N) is 1. The van der Waals surface area contributed by atoms with Gasteiger partial charge in [-0.05, 0) is 18.2 Å². The van der Waals surface area contributed by atoms with Gasteiger partial charge in [-0.15, -0.1) is 6.58 Å². The Bertz CT molecular complexity index is 526. The summed E-state index contributed by atoms with van der Waals surface area (Å²) < 4.78 is 13.5. The first-order valence-corrected chi connectivity index (χ1v) is 5.43. The zero-order valence-electron chi connectivity index (χ0n) is 9.41. The summed E-state index contributed by atoms with van der Waals surface area (Å²) in [6.07, 6.45) is 2.60. The Morgan fingerprint density at radius 1 is 1.61 bits per heavy atom. The van der Waals surface area contributed by atoms with Gasteiger partial charge >= 0.3 is 0 Å². The lowest BCUT2D eigenvalue weighted by atomic mass is 10.1. The van der Waals surface area contributed by atoms with E-state index in [1.54, 1.807) is 6.07 Å². The maximum Gasteiger partial charge on any atom is 0.262 e. The molecule has 0 radical (unpaired) electrons. The number of hydrogen-bond acceptors (Lipinski definition) is 2. The van der Waals surface area contributed by atoms with Crippen molar-refractivity contribution in [1.29, 1.82) is 5.26 Å². The van der Waals surface area contributed by atoms with Crippen LogP contribution in [0.4, 0.5) is 4.39 Å². The van der Waals surface area contributed by atoms with Gasteiger partial charge in [0.1, 0.15) is 17.5 Å². The van der Waals surface area contributed by atoms with Crippen LogP contribution in [0.2, 0.25) is 5.02 Å². The normalized spacial score (nSPS) is 10.6. The van der Waals surface area contributed by atoms with Crippen LogP contribution in [0.15, 0.2) is 36.4 Å². The quantitative estimate of drug-likeness (QED) is 0.516. The van der Waals surface area contributed by atoms with Crippen molar-refractivity contribution in [3.63, 3.8) is 0 Å². The van der Waals surface area contributed by atoms with Gasteiger partial charge in [-0.25, -0.2) is 4.39 Å². The standard InChI is InChI=1S/C13H10ClFN2O/c1-2-6-17-13(18)9(8-16)7-10-11(14)4-3-5-12(10)15/h2-5,7H,1,6H2,(H,17,18)/b9-7-. The fraction of sp³-hybridized carbons (Fsp3) is 0.0769. The molecule has 1 amide bonds. The largest absolute Gasteiger partial charge is 0.348 e. The summed E-state index contributed by atoms with van der Waals surface area (Å²) in [5.41, 5.74) is -0.201. The van der Waals surface area contributed by atoms with E-state index in [4.69, 9.17) is 16.9 Å². The first-order chi connectivity index (χ1) is 8.60. The second-order valence-corrected chi connectivity index (χ2v) is 3.71. The fourth-order valence-electron chi connectivity index (χ4n) is 1.20. The lowest BCUT2D eigenvalue weighted by Gasteiger charge is -2.03. The predicted molar refractivity (Wildman–Crippen MR) is 68.2 cm³/mol. The SMILES string of the molecule is C=CCNC(=O)/C(C#N)=C\c1c(F)cccc1Cl. The second-order valence-electron chi connectivity index (χ2n) is 3.30. The summed E-state index contributed by atoms with van der Waals surface area (Å²) in [7, 11) is 0. The molecule has 3 nitrogen and oxygen atoms in total. The Kier molecular flexibility index (Phi) is 5.09. The minimum absolute atomic E-state index is 0.0180. The van der Waals surface area contributed by atoms with E-state index in [2.05, 4.69) is 11.9 Å². The highest BCUT2D eigenvalue weighted by Crippen LogP contribution is 2.21. The first kappa shape index (κ1) is 13.9. The van der Waals surface area contributed by atoms with Crippen LogP contribution in [-0.4, -0.2) is 12.5 Å². The molecule has 92 valence electrons. The van der Waals surface area contributed by atoms with Crippen molar-refractivity contribution in [3.8, 4) is 6.07 Å². The molecule has 5 heteroatoms. The van der Waals surface area contributed by atoms with Gasteiger partial charge < -0.3 is 5.32 Å². The summed E-state index contributed by atoms with van der Waals surface area (Å²) in [4.78, 5) is 11.5. The van der Waals surface area contributed by atoms with Crippen LogP contribution in [0.3, 0.4) is 0 Å². The molecule has 1 aromatic carbocycles. The molecule has 0 bridgehead atoms. The summed E-state index contributed by atoms with van der Waals surface area (Å²) in [5, 5.41) is 11.4. The maximum atomic E-state index is 13.5. The molecule has 1 rings (SSSR count). The highest BCUT2D eigenvalue weighted by atomic mass is 35.5. The predicted octanol–water partition coefficient (Wildman–Crippen LogP) is 2.69. The van der Waals surface area contributed by atoms with Crippen LogP contribution >= 0.6 is 11.6 Å². The second kappa shape index (κ2) is 6.58. The minimum atomic E-state index is -0.600. The molecular weight excluding hydrogens is 255 g/mol. The zero-order valence-corrected chi connectivity index (χ0v) is 10.2. The van der Waals surface area contributed by atoms with E-state index < -0.39 is 11.7 Å². The van der Waals surface area contributed by atoms with Crippen LogP contribution in [0, 0.1) is 17.1 Å². The summed E-state index contributed by atoms with van der Waals surface area (Å²) in [6.45, 7) is 3.66. The number of hydrogen-bond donors (Lipinski definition) is 1. The van der Waals surface area contributed by atoms with Gasteiger partial charge in [0.25, 0.3) is 5.91 Å². The van der Waals surface area contributed by atoms with Crippen LogP contribution in [0.1, 0.15) is 5.56 Å². The third-order valence-electron chi connectivity index (χ3n) is 2.06. The molecule has 0 aliphatic heterocycles. The Morgan fingerprint density at radius 2 is 2.33 bits per heavy atom. The Labute approximate surface area is 109 Å². The summed E-state index contributed by atoms with van der Waals surface area (Å²) in [6, 6.07) is 5.83. The summed E-state index contributed by atoms with van der Waals surface area (Å²) in [5.74, 6) is -1.19. The molecule has 0 fully saturated rings. The lowest BCUT2D eigenvalue weighted by Crippen LogP contribution is -2.24. The van der Waals surface area contributed by atoms with E-state index >= 15 is 0 Å². The van der Waals surface area contributed by atoms with Gasteiger partial charge in [-0.3, -0.25) is 4.79 Å². The van der Waals surface area contributed by atoms with Gasteiger partial charge in [-0.1, -0.05) is 23.7 Å². The Morgan fingerprint density at radius 3 is 2.89 bits per heavy atom. The third-order valence-corrected chi connectivity index (χ3v) is 2.39. The van der Waals surface area contributed by atoms with E-state index in [1.807, 2.05) is 0 Å². The number of benzene rings is 1. The molecule has 1 N–H and O–H groups in total. The van der Waals surface area contributed by atoms with Gasteiger partial charge in [0, 0.05) is 12.1 Å². The molecule has 0 spiro atoms. The molecule has 1 aromatic rings. The zero-order chi connectivity index (χ0) is 13.5. The lowest BCUT2D eigenvalue weighted by molar-refractivity contribution is -0.116. The number of nitriles is 1. The topological polar surface area (TPSA) is 52.9 Å². The number of nitrogens with one attached hydrogen (secondary N) is 1. The van der Waals surface area contributed by atoms with Gasteiger partial charge in [0.15, 0.2) is 0 Å². The van der Waals surface area contributed by atoms with E-state index in [-0.39, 0.29) is 22.7 Å². The molecule has 0 heterocycles. The van der Waals surface area contributed by atoms with Crippen molar-refractivity contribution in [2.45, 2.75) is 0 Å². The van der Waals surface area contributed by atoms with Crippen molar-refractivity contribution in [3.05, 3.63) is 52.8 Å². The first-order valence-electron chi connectivity index (χ1n) is 5.05. The van der Waals surface area contributed by atoms with Crippen LogP contribution in [0.25, 0.3) is 6.08 Å². The van der Waals surface area contributed by atoms with E-state index in [0.29, 0.717) is 0 Å². The van der Waals surface area contributed by atoms with Gasteiger partial charge in [0.2, 0.25) is 0 Å². The van der Waals surface area contributed by atoms with Crippen LogP contribution < -0.4 is 5.32 Å². The van der Waals surface area contributed by atoms with Crippen molar-refractivity contribution in [2.75, 3.05) is 6.54 Å². The Balaban J connectivity index is 3.09. The minimum Gasteiger partial charge on any atom is -0.348 e. The fourth-order valence-corrected chi connectivity index (χ4v) is 1.42. The van der Waals surface area contributed by atoms with E-state index in [0.717, 1.165) is 6.08 Å². The Hall–Kier alpha value is -2.12. The molecule has 0 aliphatic rings. The van der Waals surface area contributed by atoms with Crippen molar-refractivity contribution in [2.24, 2.45) is 0 Å². The van der Waals surface area contributed by atoms with Crippen molar-refractivity contribution < 1.29 is 9.18 Å². The molecular formula is C13H10ClFN2O. The number of carbonyl (C=O) groups excluding carboxylic acids is 1. The molecule has 18 heavy (non-hydrogen) atoms. The van der Waals surface area contributed by atoms with Crippen LogP contribution in [-0.2, 0) is 4.79 Å². The molecule has 0 saturated heterocycles. The number of rotatable bonds is 4. The third kappa shape index (κ3) is 3.44. The number of carbonyl (C=O) groups is 1. The molecule has 0 unspecified atom stereocenters. The molecule has 0 aliphatic carbocycles. The van der Waals surface area contributed by atoms with E-state index in [9.17, 15) is 9.18 Å². The van der Waals surface area contributed by atoms with Crippen molar-refractivity contribution >= 4 is 23.6 Å². The summed E-state index contributed by atoms with van der Waals surface area (Å²) >= 11 is 5.80. The van der Waals surface area contributed by atoms with Crippen LogP contribution in [0.5, 0.6) is 0 Å². The average molecular weight is 265 g/mol. The molecule has 0 aromatic heterocycles.